The Morgan fingerprint density at radius 3 is 1.96 bits per heavy atom. The standard InChI is InChI=1S/C50H35N3O/c1-3-13-31(14-4-1)48-51-49(32-15-5-2-6-16-32)53-50(52-48)44-29-38(30-46-47(44)40-21-11-12-22-45(40)54-46)39-24-23-37-25-33-17-7-8-18-34(33)26-41(37)43-28-36-20-10-9-19-35(36)27-42(39)43/h1-22,25-30,39,48H,23-24H2,(H,51,52,53). The van der Waals surface area contributed by atoms with Crippen LogP contribution in [0.25, 0.3) is 54.6 Å². The van der Waals surface area contributed by atoms with Gasteiger partial charge in [0.25, 0.3) is 0 Å². The average Bonchev–Trinajstić information content (AvgIpc) is 3.54. The largest absolute Gasteiger partial charge is 0.456 e. The molecule has 0 saturated carbocycles. The van der Waals surface area contributed by atoms with Crippen LogP contribution in [0.2, 0.25) is 0 Å². The lowest BCUT2D eigenvalue weighted by molar-refractivity contribution is 0.663. The van der Waals surface area contributed by atoms with Gasteiger partial charge in [-0.25, -0.2) is 9.98 Å². The van der Waals surface area contributed by atoms with Gasteiger partial charge in [-0.3, -0.25) is 0 Å². The number of fused-ring (bicyclic) bond motifs is 8. The topological polar surface area (TPSA) is 49.9 Å². The molecule has 0 amide bonds. The second-order valence-electron chi connectivity index (χ2n) is 14.5. The number of aliphatic imine (C=N–C) groups is 2. The third-order valence-corrected chi connectivity index (χ3v) is 11.3. The van der Waals surface area contributed by atoms with Crippen LogP contribution in [0.1, 0.15) is 51.9 Å². The van der Waals surface area contributed by atoms with E-state index in [1.807, 2.05) is 30.3 Å². The van der Waals surface area contributed by atoms with E-state index in [9.17, 15) is 0 Å². The van der Waals surface area contributed by atoms with Crippen molar-refractivity contribution in [2.75, 3.05) is 0 Å². The molecule has 11 rings (SSSR count). The fraction of sp³-hybridized carbons (Fsp3) is 0.0800. The molecule has 1 aromatic heterocycles. The van der Waals surface area contributed by atoms with E-state index in [2.05, 4.69) is 145 Å². The Morgan fingerprint density at radius 2 is 1.19 bits per heavy atom. The molecule has 2 unspecified atom stereocenters. The van der Waals surface area contributed by atoms with E-state index in [1.165, 1.54) is 49.4 Å². The molecule has 4 heteroatoms. The summed E-state index contributed by atoms with van der Waals surface area (Å²) in [6.07, 6.45) is 1.62. The van der Waals surface area contributed by atoms with Crippen LogP contribution in [-0.2, 0) is 6.42 Å². The first-order valence-corrected chi connectivity index (χ1v) is 18.8. The van der Waals surface area contributed by atoms with Gasteiger partial charge >= 0.3 is 0 Å². The van der Waals surface area contributed by atoms with Crippen LogP contribution in [0.4, 0.5) is 0 Å². The average molecular weight is 694 g/mol. The smallest absolute Gasteiger partial charge is 0.159 e. The van der Waals surface area contributed by atoms with Crippen molar-refractivity contribution in [1.82, 2.24) is 5.32 Å². The number of aryl methyl sites for hydroxylation is 1. The van der Waals surface area contributed by atoms with Crippen LogP contribution >= 0.6 is 0 Å². The number of rotatable bonds is 4. The van der Waals surface area contributed by atoms with Crippen molar-refractivity contribution < 1.29 is 4.42 Å². The predicted molar refractivity (Wildman–Crippen MR) is 223 cm³/mol. The molecule has 9 aromatic rings. The van der Waals surface area contributed by atoms with E-state index in [4.69, 9.17) is 14.4 Å². The number of furan rings is 1. The monoisotopic (exact) mass is 693 g/mol. The molecule has 8 aromatic carbocycles. The molecule has 256 valence electrons. The van der Waals surface area contributed by atoms with Gasteiger partial charge in [0.05, 0.1) is 0 Å². The van der Waals surface area contributed by atoms with Gasteiger partial charge < -0.3 is 9.73 Å². The van der Waals surface area contributed by atoms with Crippen LogP contribution in [0.3, 0.4) is 0 Å². The first-order chi connectivity index (χ1) is 26.7. The quantitative estimate of drug-likeness (QED) is 0.199. The number of para-hydroxylation sites is 1. The number of hydrogen-bond acceptors (Lipinski definition) is 4. The minimum atomic E-state index is -0.306. The van der Waals surface area contributed by atoms with Crippen LogP contribution in [0.15, 0.2) is 184 Å². The van der Waals surface area contributed by atoms with Gasteiger partial charge in [0.15, 0.2) is 5.84 Å². The highest BCUT2D eigenvalue weighted by atomic mass is 16.3. The maximum Gasteiger partial charge on any atom is 0.159 e. The number of amidine groups is 2. The highest BCUT2D eigenvalue weighted by Gasteiger charge is 2.29. The van der Waals surface area contributed by atoms with Gasteiger partial charge in [0, 0.05) is 27.8 Å². The zero-order chi connectivity index (χ0) is 35.6. The molecule has 4 nitrogen and oxygen atoms in total. The van der Waals surface area contributed by atoms with Gasteiger partial charge in [-0.15, -0.1) is 0 Å². The van der Waals surface area contributed by atoms with E-state index < -0.39 is 0 Å². The Balaban J connectivity index is 1.15. The summed E-state index contributed by atoms with van der Waals surface area (Å²) in [7, 11) is 0. The summed E-state index contributed by atoms with van der Waals surface area (Å²) in [5, 5.41) is 11.0. The van der Waals surface area contributed by atoms with Gasteiger partial charge in [-0.05, 0) is 104 Å². The maximum absolute atomic E-state index is 6.73. The van der Waals surface area contributed by atoms with Crippen LogP contribution in [-0.4, -0.2) is 11.7 Å². The minimum absolute atomic E-state index is 0.118. The summed E-state index contributed by atoms with van der Waals surface area (Å²) in [6.45, 7) is 0. The van der Waals surface area contributed by atoms with Crippen molar-refractivity contribution in [3.63, 3.8) is 0 Å². The van der Waals surface area contributed by atoms with Crippen molar-refractivity contribution in [1.29, 1.82) is 0 Å². The summed E-state index contributed by atoms with van der Waals surface area (Å²) in [5.74, 6) is 1.62. The summed E-state index contributed by atoms with van der Waals surface area (Å²) >= 11 is 0. The van der Waals surface area contributed by atoms with Crippen molar-refractivity contribution in [3.8, 4) is 11.1 Å². The van der Waals surface area contributed by atoms with Crippen molar-refractivity contribution in [2.45, 2.75) is 24.9 Å². The molecule has 0 radical (unpaired) electrons. The second kappa shape index (κ2) is 12.4. The predicted octanol–water partition coefficient (Wildman–Crippen LogP) is 12.1. The van der Waals surface area contributed by atoms with Crippen molar-refractivity contribution >= 4 is 55.2 Å². The Bertz CT molecular complexity index is 2980. The highest BCUT2D eigenvalue weighted by Crippen LogP contribution is 2.46. The van der Waals surface area contributed by atoms with Crippen LogP contribution < -0.4 is 5.32 Å². The zero-order valence-corrected chi connectivity index (χ0v) is 29.5. The first kappa shape index (κ1) is 30.8. The third kappa shape index (κ3) is 5.14. The number of benzene rings is 8. The van der Waals surface area contributed by atoms with Gasteiger partial charge in [-0.2, -0.15) is 0 Å². The Morgan fingerprint density at radius 1 is 0.537 bits per heavy atom. The molecule has 0 fully saturated rings. The number of hydrogen-bond donors (Lipinski definition) is 1. The molecular weight excluding hydrogens is 659 g/mol. The Kier molecular flexibility index (Phi) is 7.09. The molecule has 1 aliphatic heterocycles. The summed E-state index contributed by atoms with van der Waals surface area (Å²) in [5.41, 5.74) is 11.4. The molecule has 0 saturated heterocycles. The SMILES string of the molecule is c1ccc(C2=NC(c3ccccc3)NC(c3cc(C4CCc5cc6ccccc6cc5-c5cc6ccccc6cc54)cc4oc5ccccc5c34)=N2)cc1. The second-order valence-corrected chi connectivity index (χ2v) is 14.5. The number of nitrogens with one attached hydrogen (secondary N) is 1. The van der Waals surface area contributed by atoms with Crippen LogP contribution in [0.5, 0.6) is 0 Å². The highest BCUT2D eigenvalue weighted by molar-refractivity contribution is 6.22. The van der Waals surface area contributed by atoms with E-state index in [-0.39, 0.29) is 12.1 Å². The normalized spacial score (nSPS) is 16.7. The lowest BCUT2D eigenvalue weighted by atomic mass is 9.83. The molecule has 0 spiro atoms. The van der Waals surface area contributed by atoms with E-state index in [0.29, 0.717) is 5.84 Å². The summed E-state index contributed by atoms with van der Waals surface area (Å²) < 4.78 is 6.73. The van der Waals surface area contributed by atoms with Crippen LogP contribution in [0, 0.1) is 0 Å². The number of nitrogens with zero attached hydrogens (tertiary/aromatic N) is 2. The van der Waals surface area contributed by atoms with Gasteiger partial charge in [0.2, 0.25) is 0 Å². The minimum Gasteiger partial charge on any atom is -0.456 e. The van der Waals surface area contributed by atoms with Gasteiger partial charge in [0.1, 0.15) is 23.2 Å². The zero-order valence-electron chi connectivity index (χ0n) is 29.5. The Labute approximate surface area is 313 Å². The molecule has 1 N–H and O–H groups in total. The van der Waals surface area contributed by atoms with E-state index in [0.717, 1.165) is 57.3 Å². The maximum atomic E-state index is 6.73. The fourth-order valence-electron chi connectivity index (χ4n) is 8.70. The summed E-state index contributed by atoms with van der Waals surface area (Å²) in [6, 6.07) is 60.9. The third-order valence-electron chi connectivity index (χ3n) is 11.3. The van der Waals surface area contributed by atoms with Gasteiger partial charge in [-0.1, -0.05) is 133 Å². The summed E-state index contributed by atoms with van der Waals surface area (Å²) in [4.78, 5) is 10.5. The molecule has 2 heterocycles. The van der Waals surface area contributed by atoms with Crippen molar-refractivity contribution in [2.24, 2.45) is 9.98 Å². The molecule has 2 atom stereocenters. The molecule has 1 aliphatic carbocycles. The Hall–Kier alpha value is -6.78. The fourth-order valence-corrected chi connectivity index (χ4v) is 8.70. The molecule has 54 heavy (non-hydrogen) atoms. The van der Waals surface area contributed by atoms with Crippen molar-refractivity contribution in [3.05, 3.63) is 203 Å². The first-order valence-electron chi connectivity index (χ1n) is 18.8. The lowest BCUT2D eigenvalue weighted by Gasteiger charge is -2.25. The molecular formula is C50H35N3O. The van der Waals surface area contributed by atoms with E-state index in [1.54, 1.807) is 0 Å². The molecule has 0 bridgehead atoms. The molecule has 2 aliphatic rings. The lowest BCUT2D eigenvalue weighted by Crippen LogP contribution is -2.33. The van der Waals surface area contributed by atoms with E-state index >= 15 is 0 Å².